The summed E-state index contributed by atoms with van der Waals surface area (Å²) >= 11 is 0. The van der Waals surface area contributed by atoms with Gasteiger partial charge in [0.2, 0.25) is 5.91 Å². The van der Waals surface area contributed by atoms with Gasteiger partial charge in [0.15, 0.2) is 0 Å². The lowest BCUT2D eigenvalue weighted by atomic mass is 10.3. The highest BCUT2D eigenvalue weighted by atomic mass is 32.2. The molecule has 1 aromatic carbocycles. The van der Waals surface area contributed by atoms with E-state index in [1.54, 1.807) is 30.5 Å². The lowest BCUT2D eigenvalue weighted by Gasteiger charge is -2.01. The minimum Gasteiger partial charge on any atom is -0.326 e. The van der Waals surface area contributed by atoms with E-state index in [1.165, 1.54) is 6.92 Å². The van der Waals surface area contributed by atoms with Crippen molar-refractivity contribution in [3.8, 4) is 0 Å². The number of hydrogen-bond donors (Lipinski definition) is 1. The maximum atomic E-state index is 11.0. The van der Waals surface area contributed by atoms with Gasteiger partial charge in [-0.15, -0.1) is 0 Å². The van der Waals surface area contributed by atoms with Crippen LogP contribution in [0.15, 0.2) is 29.2 Å². The molecule has 3 nitrogen and oxygen atoms in total. The average molecular weight is 197 g/mol. The van der Waals surface area contributed by atoms with E-state index in [1.807, 2.05) is 0 Å². The first kappa shape index (κ1) is 9.92. The van der Waals surface area contributed by atoms with Crippen molar-refractivity contribution in [1.29, 1.82) is 0 Å². The minimum absolute atomic E-state index is 0.106. The molecule has 0 aliphatic rings. The Labute approximate surface area is 79.6 Å². The minimum atomic E-state index is -0.963. The van der Waals surface area contributed by atoms with Crippen LogP contribution >= 0.6 is 0 Å². The molecule has 0 radical (unpaired) electrons. The van der Waals surface area contributed by atoms with Crippen molar-refractivity contribution < 1.29 is 9.00 Å². The van der Waals surface area contributed by atoms with Crippen LogP contribution in [0, 0.1) is 0 Å². The maximum Gasteiger partial charge on any atom is 0.221 e. The molecule has 1 amide bonds. The summed E-state index contributed by atoms with van der Waals surface area (Å²) in [4.78, 5) is 11.4. The van der Waals surface area contributed by atoms with Gasteiger partial charge in [-0.25, -0.2) is 0 Å². The number of amides is 1. The second kappa shape index (κ2) is 4.18. The summed E-state index contributed by atoms with van der Waals surface area (Å²) in [6, 6.07) is 6.94. The summed E-state index contributed by atoms with van der Waals surface area (Å²) < 4.78 is 11.0. The largest absolute Gasteiger partial charge is 0.326 e. The summed E-state index contributed by atoms with van der Waals surface area (Å²) in [7, 11) is -0.963. The Kier molecular flexibility index (Phi) is 3.19. The molecule has 13 heavy (non-hydrogen) atoms. The number of carbonyl (C=O) groups is 1. The van der Waals surface area contributed by atoms with E-state index in [9.17, 15) is 9.00 Å². The number of hydrogen-bond acceptors (Lipinski definition) is 2. The van der Waals surface area contributed by atoms with Crippen molar-refractivity contribution in [2.24, 2.45) is 0 Å². The summed E-state index contributed by atoms with van der Waals surface area (Å²) in [6.45, 7) is 1.45. The Balaban J connectivity index is 2.81. The molecule has 1 N–H and O–H groups in total. The zero-order valence-corrected chi connectivity index (χ0v) is 8.35. The SMILES string of the molecule is CC(=O)Nc1ccc([S@@](C)=O)cc1. The van der Waals surface area contributed by atoms with Gasteiger partial charge in [-0.2, -0.15) is 0 Å². The fraction of sp³-hybridized carbons (Fsp3) is 0.222. The lowest BCUT2D eigenvalue weighted by molar-refractivity contribution is -0.114. The van der Waals surface area contributed by atoms with Crippen LogP contribution in [0.4, 0.5) is 5.69 Å². The van der Waals surface area contributed by atoms with Crippen molar-refractivity contribution in [2.75, 3.05) is 11.6 Å². The Morgan fingerprint density at radius 2 is 1.85 bits per heavy atom. The first-order valence-corrected chi connectivity index (χ1v) is 5.36. The quantitative estimate of drug-likeness (QED) is 0.778. The molecule has 1 atom stereocenters. The third-order valence-electron chi connectivity index (χ3n) is 1.51. The molecule has 0 aliphatic heterocycles. The van der Waals surface area contributed by atoms with Crippen LogP contribution in [0.1, 0.15) is 6.92 Å². The molecule has 0 fully saturated rings. The molecule has 0 unspecified atom stereocenters. The van der Waals surface area contributed by atoms with E-state index in [4.69, 9.17) is 0 Å². The molecule has 1 rings (SSSR count). The van der Waals surface area contributed by atoms with Crippen molar-refractivity contribution in [3.63, 3.8) is 0 Å². The first-order valence-electron chi connectivity index (χ1n) is 3.80. The molecule has 0 heterocycles. The Morgan fingerprint density at radius 3 is 2.23 bits per heavy atom. The second-order valence-electron chi connectivity index (χ2n) is 2.66. The van der Waals surface area contributed by atoms with E-state index in [2.05, 4.69) is 5.32 Å². The molecule has 0 aromatic heterocycles. The van der Waals surface area contributed by atoms with Crippen molar-refractivity contribution in [2.45, 2.75) is 11.8 Å². The van der Waals surface area contributed by atoms with Crippen LogP contribution in [0.2, 0.25) is 0 Å². The molecule has 4 heteroatoms. The monoisotopic (exact) mass is 197 g/mol. The summed E-state index contributed by atoms with van der Waals surface area (Å²) in [5.41, 5.74) is 0.724. The van der Waals surface area contributed by atoms with Gasteiger partial charge >= 0.3 is 0 Å². The fourth-order valence-corrected chi connectivity index (χ4v) is 1.45. The van der Waals surface area contributed by atoms with Gasteiger partial charge in [-0.05, 0) is 24.3 Å². The van der Waals surface area contributed by atoms with Crippen LogP contribution in [0.5, 0.6) is 0 Å². The van der Waals surface area contributed by atoms with Gasteiger partial charge in [0.1, 0.15) is 0 Å². The average Bonchev–Trinajstić information content (AvgIpc) is 2.04. The van der Waals surface area contributed by atoms with Crippen LogP contribution in [-0.4, -0.2) is 16.4 Å². The van der Waals surface area contributed by atoms with Gasteiger partial charge in [0.05, 0.1) is 0 Å². The summed E-state index contributed by atoms with van der Waals surface area (Å²) in [6.07, 6.45) is 1.62. The molecular weight excluding hydrogens is 186 g/mol. The number of anilines is 1. The van der Waals surface area contributed by atoms with Gasteiger partial charge in [0, 0.05) is 34.6 Å². The van der Waals surface area contributed by atoms with Crippen molar-refractivity contribution >= 4 is 22.4 Å². The normalized spacial score (nSPS) is 12.2. The zero-order chi connectivity index (χ0) is 9.84. The highest BCUT2D eigenvalue weighted by Crippen LogP contribution is 2.11. The molecule has 0 bridgehead atoms. The van der Waals surface area contributed by atoms with E-state index in [-0.39, 0.29) is 5.91 Å². The Hall–Kier alpha value is -1.16. The Bertz CT molecular complexity index is 332. The number of nitrogens with one attached hydrogen (secondary N) is 1. The fourth-order valence-electron chi connectivity index (χ4n) is 0.933. The predicted molar refractivity (Wildman–Crippen MR) is 53.1 cm³/mol. The summed E-state index contributed by atoms with van der Waals surface area (Å²) in [5, 5.41) is 2.63. The van der Waals surface area contributed by atoms with Crippen molar-refractivity contribution in [3.05, 3.63) is 24.3 Å². The second-order valence-corrected chi connectivity index (χ2v) is 4.04. The topological polar surface area (TPSA) is 46.2 Å². The lowest BCUT2D eigenvalue weighted by Crippen LogP contribution is -2.05. The molecule has 0 saturated carbocycles. The zero-order valence-electron chi connectivity index (χ0n) is 7.53. The third kappa shape index (κ3) is 2.99. The highest BCUT2D eigenvalue weighted by molar-refractivity contribution is 7.84. The van der Waals surface area contributed by atoms with E-state index in [0.717, 1.165) is 10.6 Å². The van der Waals surface area contributed by atoms with Crippen LogP contribution in [0.25, 0.3) is 0 Å². The molecule has 0 spiro atoms. The first-order chi connectivity index (χ1) is 6.09. The standard InChI is InChI=1S/C9H11NO2S/c1-7(11)10-8-3-5-9(6-4-8)13(2)12/h3-6H,1-2H3,(H,10,11)/t13-/m1/s1. The van der Waals surface area contributed by atoms with E-state index >= 15 is 0 Å². The molecule has 0 aliphatic carbocycles. The summed E-state index contributed by atoms with van der Waals surface area (Å²) in [5.74, 6) is -0.106. The van der Waals surface area contributed by atoms with Crippen LogP contribution < -0.4 is 5.32 Å². The van der Waals surface area contributed by atoms with Gasteiger partial charge < -0.3 is 5.32 Å². The van der Waals surface area contributed by atoms with E-state index < -0.39 is 10.8 Å². The number of benzene rings is 1. The highest BCUT2D eigenvalue weighted by Gasteiger charge is 1.98. The van der Waals surface area contributed by atoms with Crippen molar-refractivity contribution in [1.82, 2.24) is 0 Å². The number of carbonyl (C=O) groups excluding carboxylic acids is 1. The van der Waals surface area contributed by atoms with E-state index in [0.29, 0.717) is 0 Å². The number of rotatable bonds is 2. The molecule has 70 valence electrons. The third-order valence-corrected chi connectivity index (χ3v) is 2.44. The molecule has 1 aromatic rings. The van der Waals surface area contributed by atoms with Crippen LogP contribution in [-0.2, 0) is 15.6 Å². The molecular formula is C9H11NO2S. The van der Waals surface area contributed by atoms with Gasteiger partial charge in [-0.3, -0.25) is 9.00 Å². The van der Waals surface area contributed by atoms with Gasteiger partial charge in [0.25, 0.3) is 0 Å². The molecule has 0 saturated heterocycles. The van der Waals surface area contributed by atoms with Gasteiger partial charge in [-0.1, -0.05) is 0 Å². The Morgan fingerprint density at radius 1 is 1.31 bits per heavy atom. The maximum absolute atomic E-state index is 11.0. The van der Waals surface area contributed by atoms with Crippen LogP contribution in [0.3, 0.4) is 0 Å². The predicted octanol–water partition coefficient (Wildman–Crippen LogP) is 1.38. The smallest absolute Gasteiger partial charge is 0.221 e.